The van der Waals surface area contributed by atoms with Crippen molar-refractivity contribution in [2.24, 2.45) is 17.8 Å². The van der Waals surface area contributed by atoms with E-state index in [-0.39, 0.29) is 48.2 Å². The Morgan fingerprint density at radius 2 is 1.85 bits per heavy atom. The quantitative estimate of drug-likeness (QED) is 0.161. The number of carbonyl (C=O) groups excluding carboxylic acids is 4. The Morgan fingerprint density at radius 1 is 1.17 bits per heavy atom. The molecule has 11 heteroatoms. The number of rotatable bonds is 15. The van der Waals surface area contributed by atoms with Gasteiger partial charge in [-0.2, -0.15) is 0 Å². The zero-order valence-electron chi connectivity index (χ0n) is 27.4. The van der Waals surface area contributed by atoms with E-state index in [1.807, 2.05) is 58.0 Å². The molecule has 0 radical (unpaired) electrons. The molecule has 46 heavy (non-hydrogen) atoms. The highest BCUT2D eigenvalue weighted by atomic mass is 79.9. The van der Waals surface area contributed by atoms with Crippen LogP contribution in [0.3, 0.4) is 0 Å². The zero-order valence-corrected chi connectivity index (χ0v) is 29.0. The summed E-state index contributed by atoms with van der Waals surface area (Å²) in [6.45, 7) is 16.7. The van der Waals surface area contributed by atoms with E-state index < -0.39 is 59.6 Å². The number of likely N-dealkylation sites (tertiary alicyclic amines) is 1. The first-order valence-electron chi connectivity index (χ1n) is 16.2. The van der Waals surface area contributed by atoms with E-state index in [1.165, 1.54) is 4.90 Å². The molecule has 3 aliphatic heterocycles. The number of aliphatic hydroxyl groups excluding tert-OH is 1. The Kier molecular flexibility index (Phi) is 11.5. The van der Waals surface area contributed by atoms with Crippen molar-refractivity contribution < 1.29 is 33.8 Å². The second-order valence-corrected chi connectivity index (χ2v) is 14.4. The molecule has 1 aromatic carbocycles. The number of allylic oxidation sites excluding steroid dienone is 1. The minimum atomic E-state index is -1.31. The fourth-order valence-corrected chi connectivity index (χ4v) is 8.33. The second-order valence-electron chi connectivity index (χ2n) is 13.2. The lowest BCUT2D eigenvalue weighted by Gasteiger charge is -2.41. The van der Waals surface area contributed by atoms with Crippen molar-refractivity contribution in [2.75, 3.05) is 13.2 Å². The van der Waals surface area contributed by atoms with Crippen molar-refractivity contribution in [1.82, 2.24) is 15.1 Å². The fraction of sp³-hybridized carbons (Fsp3) is 0.600. The predicted molar refractivity (Wildman–Crippen MR) is 178 cm³/mol. The highest BCUT2D eigenvalue weighted by Crippen LogP contribution is 2.61. The number of hydrogen-bond donors (Lipinski definition) is 2. The number of alkyl halides is 1. The standard InChI is InChI=1S/C35H48BrN3O7/c1-8-10-16-26(41)37-22(7)29(23-14-12-11-13-15-23)45-34(44)27-28-32(42)39(25(19-40)20(3)4)31(33(43)38(17-9-2)21(5)6)35(28)18-24(36)30(27)46-35/h8-9,11-15,20-22,24-25,27-31,40H,1-2,10,16-19H2,3-7H3,(H,37,41)/t22-,24?,25-,27+,28-,29-,30+,31+,35-/m0/s1. The molecule has 1 spiro atoms. The number of nitrogens with one attached hydrogen (secondary N) is 1. The highest BCUT2D eigenvalue weighted by Gasteiger charge is 2.77. The lowest BCUT2D eigenvalue weighted by Crippen LogP contribution is -2.60. The topological polar surface area (TPSA) is 125 Å². The average molecular weight is 703 g/mol. The molecule has 4 rings (SSSR count). The predicted octanol–water partition coefficient (Wildman–Crippen LogP) is 3.93. The molecule has 1 unspecified atom stereocenters. The van der Waals surface area contributed by atoms with Gasteiger partial charge in [-0.05, 0) is 45.1 Å². The van der Waals surface area contributed by atoms with Crippen LogP contribution in [-0.2, 0) is 28.7 Å². The number of ether oxygens (including phenoxy) is 2. The van der Waals surface area contributed by atoms with Gasteiger partial charge >= 0.3 is 5.97 Å². The van der Waals surface area contributed by atoms with Gasteiger partial charge < -0.3 is 29.7 Å². The van der Waals surface area contributed by atoms with Gasteiger partial charge in [0.2, 0.25) is 17.7 Å². The van der Waals surface area contributed by atoms with Gasteiger partial charge in [0, 0.05) is 23.8 Å². The van der Waals surface area contributed by atoms with Crippen LogP contribution in [0.25, 0.3) is 0 Å². The van der Waals surface area contributed by atoms with Crippen molar-refractivity contribution in [3.05, 3.63) is 61.2 Å². The van der Waals surface area contributed by atoms with E-state index in [4.69, 9.17) is 9.47 Å². The molecule has 1 aromatic rings. The summed E-state index contributed by atoms with van der Waals surface area (Å²) in [6, 6.07) is 6.64. The summed E-state index contributed by atoms with van der Waals surface area (Å²) < 4.78 is 12.9. The highest BCUT2D eigenvalue weighted by molar-refractivity contribution is 9.09. The molecule has 3 fully saturated rings. The summed E-state index contributed by atoms with van der Waals surface area (Å²) in [5.74, 6) is -3.74. The number of aliphatic hydroxyl groups is 1. The van der Waals surface area contributed by atoms with Crippen molar-refractivity contribution in [3.8, 4) is 0 Å². The SMILES string of the molecule is C=CCCC(=O)N[C@@H](C)[C@H](OC(=O)[C@H]1[C@@H]2O[C@@]3(CC2Br)[C@@H]1C(=O)N([C@@H](CO)C(C)C)[C@@H]3C(=O)N(CC=C)C(C)C)c1ccccc1. The Labute approximate surface area is 280 Å². The smallest absolute Gasteiger partial charge is 0.313 e. The average Bonchev–Trinajstić information content (AvgIpc) is 3.61. The van der Waals surface area contributed by atoms with Gasteiger partial charge in [0.25, 0.3) is 0 Å². The number of hydrogen-bond acceptors (Lipinski definition) is 7. The second kappa shape index (κ2) is 14.8. The third-order valence-corrected chi connectivity index (χ3v) is 10.4. The van der Waals surface area contributed by atoms with Crippen LogP contribution >= 0.6 is 15.9 Å². The van der Waals surface area contributed by atoms with E-state index in [0.717, 1.165) is 0 Å². The molecular formula is C35H48BrN3O7. The maximum absolute atomic E-state index is 14.6. The third-order valence-electron chi connectivity index (χ3n) is 9.57. The Bertz CT molecular complexity index is 1310. The molecule has 10 nitrogen and oxygen atoms in total. The molecule has 2 N–H and O–H groups in total. The van der Waals surface area contributed by atoms with Crippen molar-refractivity contribution in [2.45, 2.75) is 101 Å². The van der Waals surface area contributed by atoms with Gasteiger partial charge in [-0.15, -0.1) is 13.2 Å². The summed E-state index contributed by atoms with van der Waals surface area (Å²) in [4.78, 5) is 58.8. The Balaban J connectivity index is 1.74. The lowest BCUT2D eigenvalue weighted by atomic mass is 9.70. The van der Waals surface area contributed by atoms with Crippen LogP contribution in [0.5, 0.6) is 0 Å². The van der Waals surface area contributed by atoms with E-state index >= 15 is 0 Å². The minimum Gasteiger partial charge on any atom is -0.455 e. The van der Waals surface area contributed by atoms with Gasteiger partial charge in [0.15, 0.2) is 0 Å². The number of carbonyl (C=O) groups is 4. The third kappa shape index (κ3) is 6.55. The number of nitrogens with zero attached hydrogens (tertiary/aromatic N) is 2. The Morgan fingerprint density at radius 3 is 2.41 bits per heavy atom. The summed E-state index contributed by atoms with van der Waals surface area (Å²) in [5.41, 5.74) is -0.619. The number of benzene rings is 1. The zero-order chi connectivity index (χ0) is 33.9. The molecule has 3 amide bonds. The molecule has 0 aromatic heterocycles. The first-order chi connectivity index (χ1) is 21.8. The van der Waals surface area contributed by atoms with E-state index in [1.54, 1.807) is 24.0 Å². The van der Waals surface area contributed by atoms with Crippen molar-refractivity contribution in [3.63, 3.8) is 0 Å². The molecule has 2 bridgehead atoms. The number of esters is 1. The van der Waals surface area contributed by atoms with Gasteiger partial charge in [0.1, 0.15) is 17.7 Å². The number of amides is 3. The largest absolute Gasteiger partial charge is 0.455 e. The first kappa shape index (κ1) is 35.8. The molecule has 252 valence electrons. The molecule has 9 atom stereocenters. The van der Waals surface area contributed by atoms with Crippen LogP contribution in [0.4, 0.5) is 0 Å². The molecule has 3 heterocycles. The molecule has 3 saturated heterocycles. The van der Waals surface area contributed by atoms with Gasteiger partial charge in [-0.25, -0.2) is 0 Å². The summed E-state index contributed by atoms with van der Waals surface area (Å²) >= 11 is 3.71. The van der Waals surface area contributed by atoms with Gasteiger partial charge in [-0.1, -0.05) is 72.3 Å². The molecule has 0 aliphatic carbocycles. The first-order valence-corrected chi connectivity index (χ1v) is 17.1. The number of fused-ring (bicyclic) bond motifs is 1. The van der Waals surface area contributed by atoms with E-state index in [9.17, 15) is 24.3 Å². The van der Waals surface area contributed by atoms with Crippen LogP contribution in [-0.4, -0.2) is 92.4 Å². The molecule has 3 aliphatic rings. The van der Waals surface area contributed by atoms with Crippen LogP contribution in [0.1, 0.15) is 65.5 Å². The molecule has 0 saturated carbocycles. The van der Waals surface area contributed by atoms with E-state index in [0.29, 0.717) is 18.4 Å². The van der Waals surface area contributed by atoms with Gasteiger partial charge in [0.05, 0.1) is 36.6 Å². The van der Waals surface area contributed by atoms with Gasteiger partial charge in [-0.3, -0.25) is 19.2 Å². The van der Waals surface area contributed by atoms with E-state index in [2.05, 4.69) is 34.4 Å². The summed E-state index contributed by atoms with van der Waals surface area (Å²) in [6.07, 6.45) is 2.83. The normalized spacial score (nSPS) is 28.5. The van der Waals surface area contributed by atoms with Crippen molar-refractivity contribution in [1.29, 1.82) is 0 Å². The summed E-state index contributed by atoms with van der Waals surface area (Å²) in [5, 5.41) is 13.4. The van der Waals surface area contributed by atoms with Crippen LogP contribution in [0.2, 0.25) is 0 Å². The number of halogens is 1. The lowest BCUT2D eigenvalue weighted by molar-refractivity contribution is -0.163. The maximum Gasteiger partial charge on any atom is 0.313 e. The Hall–Kier alpha value is -3.02. The monoisotopic (exact) mass is 701 g/mol. The fourth-order valence-electron chi connectivity index (χ4n) is 7.39. The van der Waals surface area contributed by atoms with Crippen LogP contribution in [0, 0.1) is 17.8 Å². The summed E-state index contributed by atoms with van der Waals surface area (Å²) in [7, 11) is 0. The molecular weight excluding hydrogens is 654 g/mol. The van der Waals surface area contributed by atoms with Crippen molar-refractivity contribution >= 4 is 39.6 Å². The minimum absolute atomic E-state index is 0.179. The van der Waals surface area contributed by atoms with Crippen LogP contribution < -0.4 is 5.32 Å². The maximum atomic E-state index is 14.6. The van der Waals surface area contributed by atoms with Crippen LogP contribution in [0.15, 0.2) is 55.6 Å².